The van der Waals surface area contributed by atoms with Gasteiger partial charge in [-0.1, -0.05) is 0 Å². The third kappa shape index (κ3) is 2.41. The minimum absolute atomic E-state index is 0.0794. The molecule has 0 spiro atoms. The van der Waals surface area contributed by atoms with Crippen LogP contribution < -0.4 is 5.73 Å². The summed E-state index contributed by atoms with van der Waals surface area (Å²) in [5, 5.41) is 10.0. The number of rotatable bonds is 2. The number of β-amino-alcohol motifs (C(OH)–C–C–N with tert-alkyl or cyclic N) is 1. The van der Waals surface area contributed by atoms with Gasteiger partial charge in [0.25, 0.3) is 11.8 Å². The number of nitrogens with zero attached hydrogens (tertiary/aromatic N) is 1. The fourth-order valence-corrected chi connectivity index (χ4v) is 2.36. The van der Waals surface area contributed by atoms with E-state index in [-0.39, 0.29) is 18.9 Å². The van der Waals surface area contributed by atoms with E-state index in [1.54, 1.807) is 6.07 Å². The summed E-state index contributed by atoms with van der Waals surface area (Å²) in [6, 6.07) is 1.54. The van der Waals surface area contributed by atoms with Crippen LogP contribution in [-0.2, 0) is 4.79 Å². The molecule has 2 amide bonds. The first kappa shape index (κ1) is 13.1. The maximum atomic E-state index is 12.1. The van der Waals surface area contributed by atoms with E-state index in [1.807, 2.05) is 0 Å². The standard InChI is InChI=1S/C11H13BrN2O4/c12-8-4-7(5-18-8)9(15)14-3-1-2-11(17,6-14)10(13)16/h4-5,17H,1-3,6H2,(H2,13,16). The van der Waals surface area contributed by atoms with Crippen molar-refractivity contribution in [1.82, 2.24) is 4.90 Å². The summed E-state index contributed by atoms with van der Waals surface area (Å²) in [5.41, 5.74) is 3.89. The zero-order valence-electron chi connectivity index (χ0n) is 9.56. The minimum Gasteiger partial charge on any atom is -0.457 e. The molecule has 3 N–H and O–H groups in total. The smallest absolute Gasteiger partial charge is 0.257 e. The van der Waals surface area contributed by atoms with Crippen molar-refractivity contribution in [3.63, 3.8) is 0 Å². The largest absolute Gasteiger partial charge is 0.457 e. The molecule has 18 heavy (non-hydrogen) atoms. The van der Waals surface area contributed by atoms with Crippen molar-refractivity contribution >= 4 is 27.7 Å². The molecular formula is C11H13BrN2O4. The Balaban J connectivity index is 2.14. The Morgan fingerprint density at radius 3 is 2.83 bits per heavy atom. The number of hydrogen-bond acceptors (Lipinski definition) is 4. The molecule has 2 heterocycles. The number of hydrogen-bond donors (Lipinski definition) is 2. The van der Waals surface area contributed by atoms with Gasteiger partial charge >= 0.3 is 0 Å². The van der Waals surface area contributed by atoms with Crippen molar-refractivity contribution in [3.05, 3.63) is 22.6 Å². The van der Waals surface area contributed by atoms with Crippen LogP contribution in [0.15, 0.2) is 21.4 Å². The number of aliphatic hydroxyl groups is 1. The summed E-state index contributed by atoms with van der Waals surface area (Å²) in [7, 11) is 0. The molecule has 1 aromatic heterocycles. The van der Waals surface area contributed by atoms with Gasteiger partial charge in [0.15, 0.2) is 10.3 Å². The molecule has 1 fully saturated rings. The van der Waals surface area contributed by atoms with Gasteiger partial charge < -0.3 is 20.2 Å². The SMILES string of the molecule is NC(=O)C1(O)CCCN(C(=O)c2coc(Br)c2)C1. The summed E-state index contributed by atoms with van der Waals surface area (Å²) in [6.45, 7) is 0.404. The van der Waals surface area contributed by atoms with Crippen LogP contribution in [0.4, 0.5) is 0 Å². The molecule has 1 atom stereocenters. The van der Waals surface area contributed by atoms with Gasteiger partial charge in [-0.2, -0.15) is 0 Å². The topological polar surface area (TPSA) is 96.8 Å². The molecule has 98 valence electrons. The van der Waals surface area contributed by atoms with Gasteiger partial charge in [-0.05, 0) is 28.8 Å². The second-order valence-electron chi connectivity index (χ2n) is 4.37. The fourth-order valence-electron chi connectivity index (χ4n) is 2.02. The number of carbonyl (C=O) groups is 2. The van der Waals surface area contributed by atoms with Crippen molar-refractivity contribution in [2.75, 3.05) is 13.1 Å². The predicted octanol–water partition coefficient (Wildman–Crippen LogP) is 0.495. The zero-order chi connectivity index (χ0) is 13.3. The van der Waals surface area contributed by atoms with Crippen LogP contribution in [0.3, 0.4) is 0 Å². The lowest BCUT2D eigenvalue weighted by atomic mass is 9.92. The highest BCUT2D eigenvalue weighted by Crippen LogP contribution is 2.23. The molecule has 1 saturated heterocycles. The van der Waals surface area contributed by atoms with E-state index in [4.69, 9.17) is 10.2 Å². The molecule has 0 bridgehead atoms. The van der Waals surface area contributed by atoms with Gasteiger partial charge in [-0.15, -0.1) is 0 Å². The average molecular weight is 317 g/mol. The summed E-state index contributed by atoms with van der Waals surface area (Å²) < 4.78 is 5.44. The number of nitrogens with two attached hydrogens (primary N) is 1. The van der Waals surface area contributed by atoms with E-state index >= 15 is 0 Å². The van der Waals surface area contributed by atoms with Gasteiger partial charge in [-0.25, -0.2) is 0 Å². The van der Waals surface area contributed by atoms with E-state index < -0.39 is 11.5 Å². The van der Waals surface area contributed by atoms with Gasteiger partial charge in [0, 0.05) is 12.6 Å². The Labute approximate surface area is 112 Å². The molecule has 7 heteroatoms. The molecular weight excluding hydrogens is 304 g/mol. The summed E-state index contributed by atoms with van der Waals surface area (Å²) in [5.74, 6) is -1.09. The van der Waals surface area contributed by atoms with Crippen LogP contribution in [0, 0.1) is 0 Å². The summed E-state index contributed by atoms with van der Waals surface area (Å²) in [6.07, 6.45) is 2.13. The van der Waals surface area contributed by atoms with Gasteiger partial charge in [0.1, 0.15) is 6.26 Å². The molecule has 0 saturated carbocycles. The number of furan rings is 1. The van der Waals surface area contributed by atoms with E-state index in [0.29, 0.717) is 23.2 Å². The average Bonchev–Trinajstić information content (AvgIpc) is 2.75. The highest BCUT2D eigenvalue weighted by molar-refractivity contribution is 9.10. The first-order valence-electron chi connectivity index (χ1n) is 5.48. The second kappa shape index (κ2) is 4.74. The molecule has 0 radical (unpaired) electrons. The van der Waals surface area contributed by atoms with E-state index in [1.165, 1.54) is 11.2 Å². The molecule has 0 aromatic carbocycles. The van der Waals surface area contributed by atoms with Crippen molar-refractivity contribution in [3.8, 4) is 0 Å². The third-order valence-corrected chi connectivity index (χ3v) is 3.45. The van der Waals surface area contributed by atoms with Crippen LogP contribution in [0.2, 0.25) is 0 Å². The monoisotopic (exact) mass is 316 g/mol. The number of halogens is 1. The Morgan fingerprint density at radius 2 is 2.28 bits per heavy atom. The van der Waals surface area contributed by atoms with E-state index in [2.05, 4.69) is 15.9 Å². The first-order chi connectivity index (χ1) is 8.42. The Kier molecular flexibility index (Phi) is 3.45. The lowest BCUT2D eigenvalue weighted by Crippen LogP contribution is -2.57. The van der Waals surface area contributed by atoms with Crippen LogP contribution in [0.1, 0.15) is 23.2 Å². The Hall–Kier alpha value is -1.34. The number of primary amides is 1. The molecule has 1 aromatic rings. The first-order valence-corrected chi connectivity index (χ1v) is 6.27. The van der Waals surface area contributed by atoms with E-state index in [9.17, 15) is 14.7 Å². The number of carbonyl (C=O) groups excluding carboxylic acids is 2. The predicted molar refractivity (Wildman–Crippen MR) is 65.7 cm³/mol. The lowest BCUT2D eigenvalue weighted by molar-refractivity contribution is -0.140. The van der Waals surface area contributed by atoms with Gasteiger partial charge in [0.2, 0.25) is 0 Å². The lowest BCUT2D eigenvalue weighted by Gasteiger charge is -2.36. The van der Waals surface area contributed by atoms with Crippen LogP contribution in [0.25, 0.3) is 0 Å². The van der Waals surface area contributed by atoms with Crippen LogP contribution in [-0.4, -0.2) is 40.5 Å². The van der Waals surface area contributed by atoms with Crippen LogP contribution >= 0.6 is 15.9 Å². The molecule has 2 rings (SSSR count). The minimum atomic E-state index is -1.63. The summed E-state index contributed by atoms with van der Waals surface area (Å²) >= 11 is 3.11. The maximum absolute atomic E-state index is 12.1. The second-order valence-corrected chi connectivity index (χ2v) is 5.15. The highest BCUT2D eigenvalue weighted by Gasteiger charge is 2.40. The molecule has 1 aliphatic heterocycles. The van der Waals surface area contributed by atoms with Crippen molar-refractivity contribution in [2.24, 2.45) is 5.73 Å². The highest BCUT2D eigenvalue weighted by atomic mass is 79.9. The van der Waals surface area contributed by atoms with Crippen molar-refractivity contribution < 1.29 is 19.1 Å². The number of piperidine rings is 1. The molecule has 6 nitrogen and oxygen atoms in total. The fraction of sp³-hybridized carbons (Fsp3) is 0.455. The van der Waals surface area contributed by atoms with Crippen LogP contribution in [0.5, 0.6) is 0 Å². The maximum Gasteiger partial charge on any atom is 0.257 e. The normalized spacial score (nSPS) is 24.0. The molecule has 0 aliphatic carbocycles. The summed E-state index contributed by atoms with van der Waals surface area (Å²) in [4.78, 5) is 24.7. The van der Waals surface area contributed by atoms with Crippen molar-refractivity contribution in [2.45, 2.75) is 18.4 Å². The molecule has 1 aliphatic rings. The number of likely N-dealkylation sites (tertiary alicyclic amines) is 1. The van der Waals surface area contributed by atoms with Gasteiger partial charge in [-0.3, -0.25) is 9.59 Å². The van der Waals surface area contributed by atoms with Gasteiger partial charge in [0.05, 0.1) is 12.1 Å². The van der Waals surface area contributed by atoms with E-state index in [0.717, 1.165) is 0 Å². The Morgan fingerprint density at radius 1 is 1.56 bits per heavy atom. The zero-order valence-corrected chi connectivity index (χ0v) is 11.1. The number of amides is 2. The third-order valence-electron chi connectivity index (χ3n) is 3.03. The molecule has 1 unspecified atom stereocenters. The quantitative estimate of drug-likeness (QED) is 0.830. The van der Waals surface area contributed by atoms with Crippen molar-refractivity contribution in [1.29, 1.82) is 0 Å². The Bertz CT molecular complexity index is 487.